The summed E-state index contributed by atoms with van der Waals surface area (Å²) in [6.45, 7) is -3.09. The Morgan fingerprint density at radius 1 is 1.28 bits per heavy atom. The third-order valence-electron chi connectivity index (χ3n) is 6.03. The minimum absolute atomic E-state index is 0.0301. The summed E-state index contributed by atoms with van der Waals surface area (Å²) in [5.41, 5.74) is 3.81. The van der Waals surface area contributed by atoms with E-state index in [1.54, 1.807) is 54.7 Å². The van der Waals surface area contributed by atoms with E-state index in [1.165, 1.54) is 4.90 Å². The number of aromatic nitrogens is 3. The molecule has 1 aromatic carbocycles. The largest absolute Gasteiger partial charge is 0.488 e. The fourth-order valence-electron chi connectivity index (χ4n) is 4.07. The van der Waals surface area contributed by atoms with Crippen LogP contribution in [-0.4, -0.2) is 47.0 Å². The van der Waals surface area contributed by atoms with Crippen LogP contribution in [0.25, 0.3) is 11.1 Å². The Labute approximate surface area is 195 Å². The number of carbonyl (C=O) groups excluding carboxylic acids is 1. The molecule has 1 aliphatic heterocycles. The summed E-state index contributed by atoms with van der Waals surface area (Å²) in [6.07, 6.45) is 6.56. The van der Waals surface area contributed by atoms with Gasteiger partial charge in [0.2, 0.25) is 0 Å². The van der Waals surface area contributed by atoms with Gasteiger partial charge in [0.25, 0.3) is 0 Å². The normalized spacial score (nSPS) is 23.3. The highest BCUT2D eigenvalue weighted by Crippen LogP contribution is 2.37. The lowest BCUT2D eigenvalue weighted by Crippen LogP contribution is -2.47. The van der Waals surface area contributed by atoms with Crippen molar-refractivity contribution in [3.05, 3.63) is 54.1 Å². The molecule has 3 aromatic rings. The predicted molar refractivity (Wildman–Crippen MR) is 122 cm³/mol. The van der Waals surface area contributed by atoms with Gasteiger partial charge in [0.15, 0.2) is 0 Å². The molecule has 2 aromatic heterocycles. The van der Waals surface area contributed by atoms with Crippen molar-refractivity contribution >= 4 is 17.5 Å². The second-order valence-electron chi connectivity index (χ2n) is 8.15. The van der Waals surface area contributed by atoms with Crippen LogP contribution in [0.3, 0.4) is 0 Å². The zero-order chi connectivity index (χ0) is 27.4. The quantitative estimate of drug-likeness (QED) is 0.600. The van der Waals surface area contributed by atoms with Gasteiger partial charge in [0.05, 0.1) is 23.8 Å². The molecule has 0 unspecified atom stereocenters. The first-order chi connectivity index (χ1) is 17.8. The molecule has 0 spiro atoms. The minimum atomic E-state index is -2.66. The molecule has 0 atom stereocenters. The maximum absolute atomic E-state index is 12.1. The molecule has 8 heteroatoms. The Hall–Kier alpha value is -3.55. The van der Waals surface area contributed by atoms with Gasteiger partial charge in [-0.3, -0.25) is 14.6 Å². The molecule has 0 radical (unpaired) electrons. The van der Waals surface area contributed by atoms with Crippen LogP contribution in [0.2, 0.25) is 0 Å². The number of nitrogens with zero attached hydrogens (tertiary/aromatic N) is 5. The number of hydrogen-bond acceptors (Lipinski definition) is 6. The van der Waals surface area contributed by atoms with E-state index in [0.717, 1.165) is 16.7 Å². The lowest BCUT2D eigenvalue weighted by molar-refractivity contribution is 0.0975. The van der Waals surface area contributed by atoms with Gasteiger partial charge in [0.1, 0.15) is 18.5 Å². The Morgan fingerprint density at radius 3 is 2.91 bits per heavy atom. The molecule has 8 nitrogen and oxygen atoms in total. The van der Waals surface area contributed by atoms with E-state index in [9.17, 15) is 4.79 Å². The molecule has 3 heterocycles. The van der Waals surface area contributed by atoms with E-state index in [1.807, 2.05) is 6.92 Å². The second kappa shape index (κ2) is 7.85. The molecule has 166 valence electrons. The van der Waals surface area contributed by atoms with Crippen molar-refractivity contribution < 1.29 is 22.5 Å². The zero-order valence-electron chi connectivity index (χ0n) is 23.8. The fourth-order valence-corrected chi connectivity index (χ4v) is 4.07. The van der Waals surface area contributed by atoms with Crippen molar-refractivity contribution in [2.45, 2.75) is 38.5 Å². The fraction of sp³-hybridized carbons (Fsp3) is 0.375. The van der Waals surface area contributed by atoms with Crippen LogP contribution in [0.1, 0.15) is 32.2 Å². The average Bonchev–Trinajstić information content (AvgIpc) is 3.22. The summed E-state index contributed by atoms with van der Waals surface area (Å²) in [5.74, 6) is 0.584. The Morgan fingerprint density at radius 2 is 2.16 bits per heavy atom. The summed E-state index contributed by atoms with van der Waals surface area (Å²) < 4.78 is 59.9. The van der Waals surface area contributed by atoms with Crippen LogP contribution in [0, 0.1) is 6.92 Å². The van der Waals surface area contributed by atoms with E-state index < -0.39 is 20.0 Å². The van der Waals surface area contributed by atoms with Crippen molar-refractivity contribution in [3.8, 4) is 16.9 Å². The first-order valence-electron chi connectivity index (χ1n) is 13.3. The average molecular weight is 440 g/mol. The zero-order valence-corrected chi connectivity index (χ0v) is 17.8. The van der Waals surface area contributed by atoms with Gasteiger partial charge >= 0.3 is 6.09 Å². The molecule has 2 aliphatic rings. The monoisotopic (exact) mass is 439 g/mol. The number of carbonyl (C=O) groups is 1. The predicted octanol–water partition coefficient (Wildman–Crippen LogP) is 3.92. The molecule has 1 saturated carbocycles. The number of cyclic esters (lactones) is 1. The Balaban J connectivity index is 1.33. The SMILES string of the molecule is [2H]C([2H])([2H])N1C(=O)OCc2cc(-c3cncc(OC4CC(N(c5cnn(C)c5)C([2H])([2H])[2H])C4)c3C)ccc21. The first-order valence-corrected chi connectivity index (χ1v) is 10.3. The first kappa shape index (κ1) is 14.5. The van der Waals surface area contributed by atoms with E-state index in [2.05, 4.69) is 10.1 Å². The molecule has 0 N–H and O–H groups in total. The van der Waals surface area contributed by atoms with Crippen molar-refractivity contribution in [3.63, 3.8) is 0 Å². The molecule has 1 fully saturated rings. The summed E-state index contributed by atoms with van der Waals surface area (Å²) in [5, 5.41) is 4.11. The number of fused-ring (bicyclic) bond motifs is 1. The van der Waals surface area contributed by atoms with E-state index in [0.29, 0.717) is 34.7 Å². The third-order valence-corrected chi connectivity index (χ3v) is 6.03. The number of ether oxygens (including phenoxy) is 2. The number of hydrogen-bond donors (Lipinski definition) is 0. The van der Waals surface area contributed by atoms with E-state index >= 15 is 0 Å². The third kappa shape index (κ3) is 3.55. The lowest BCUT2D eigenvalue weighted by Gasteiger charge is -2.41. The molecular formula is C24H27N5O3. The molecular weight excluding hydrogens is 406 g/mol. The van der Waals surface area contributed by atoms with Crippen LogP contribution >= 0.6 is 0 Å². The van der Waals surface area contributed by atoms with Crippen LogP contribution in [0.15, 0.2) is 43.0 Å². The highest BCUT2D eigenvalue weighted by molar-refractivity contribution is 5.90. The van der Waals surface area contributed by atoms with Gasteiger partial charge in [-0.1, -0.05) is 6.07 Å². The maximum atomic E-state index is 12.1. The standard InChI is InChI=1S/C24H27N5O3/c1-15-21(16-5-6-22-17(7-16)14-31-24(30)29(22)4)11-25-12-23(15)32-20-8-18(9-20)28(3)19-10-26-27(2)13-19/h5-7,10-13,18,20H,8-9,14H2,1-4H3/i3D3,4D3. The Bertz CT molecular complexity index is 1370. The molecule has 1 aliphatic carbocycles. The van der Waals surface area contributed by atoms with Crippen LogP contribution in [0.5, 0.6) is 5.75 Å². The van der Waals surface area contributed by atoms with Crippen LogP contribution in [-0.2, 0) is 18.4 Å². The van der Waals surface area contributed by atoms with Gasteiger partial charge in [-0.25, -0.2) is 4.79 Å². The van der Waals surface area contributed by atoms with Gasteiger partial charge in [-0.2, -0.15) is 5.10 Å². The van der Waals surface area contributed by atoms with Crippen LogP contribution < -0.4 is 14.5 Å². The highest BCUT2D eigenvalue weighted by Gasteiger charge is 2.34. The molecule has 0 bridgehead atoms. The van der Waals surface area contributed by atoms with Gasteiger partial charge in [-0.05, 0) is 24.6 Å². The van der Waals surface area contributed by atoms with Crippen molar-refractivity contribution in [2.75, 3.05) is 23.8 Å². The summed E-state index contributed by atoms with van der Waals surface area (Å²) >= 11 is 0. The number of benzene rings is 1. The summed E-state index contributed by atoms with van der Waals surface area (Å²) in [4.78, 5) is 18.5. The number of pyridine rings is 1. The minimum Gasteiger partial charge on any atom is -0.488 e. The van der Waals surface area contributed by atoms with Gasteiger partial charge < -0.3 is 14.4 Å². The maximum Gasteiger partial charge on any atom is 0.414 e. The van der Waals surface area contributed by atoms with Crippen LogP contribution in [0.4, 0.5) is 16.2 Å². The molecule has 0 saturated heterocycles. The summed E-state index contributed by atoms with van der Waals surface area (Å²) in [6, 6.07) is 4.92. The Kier molecular flexibility index (Phi) is 3.56. The highest BCUT2D eigenvalue weighted by atomic mass is 16.6. The second-order valence-corrected chi connectivity index (χ2v) is 8.15. The molecule has 1 amide bonds. The van der Waals surface area contributed by atoms with Gasteiger partial charge in [0, 0.05) is 77.2 Å². The number of rotatable bonds is 5. The van der Waals surface area contributed by atoms with E-state index in [4.69, 9.17) is 17.7 Å². The summed E-state index contributed by atoms with van der Waals surface area (Å²) in [7, 11) is 1.75. The van der Waals surface area contributed by atoms with Gasteiger partial charge in [-0.15, -0.1) is 0 Å². The lowest BCUT2D eigenvalue weighted by atomic mass is 9.87. The van der Waals surface area contributed by atoms with Crippen molar-refractivity contribution in [2.24, 2.45) is 7.05 Å². The smallest absolute Gasteiger partial charge is 0.414 e. The topological polar surface area (TPSA) is 72.7 Å². The van der Waals surface area contributed by atoms with Crippen molar-refractivity contribution in [1.29, 1.82) is 0 Å². The molecule has 5 rings (SSSR count). The van der Waals surface area contributed by atoms with E-state index in [-0.39, 0.29) is 24.4 Å². The van der Waals surface area contributed by atoms with Crippen molar-refractivity contribution in [1.82, 2.24) is 14.8 Å². The molecule has 32 heavy (non-hydrogen) atoms. The number of aryl methyl sites for hydroxylation is 1. The number of anilines is 2. The number of amides is 1.